The highest BCUT2D eigenvalue weighted by Gasteiger charge is 2.18. The minimum absolute atomic E-state index is 0.119. The van der Waals surface area contributed by atoms with Crippen molar-refractivity contribution in [3.05, 3.63) is 42.0 Å². The van der Waals surface area contributed by atoms with E-state index in [9.17, 15) is 14.7 Å². The summed E-state index contributed by atoms with van der Waals surface area (Å²) in [7, 11) is 0. The fourth-order valence-corrected chi connectivity index (χ4v) is 2.14. The van der Waals surface area contributed by atoms with Gasteiger partial charge in [-0.15, -0.1) is 0 Å². The van der Waals surface area contributed by atoms with Crippen LogP contribution in [0.3, 0.4) is 0 Å². The van der Waals surface area contributed by atoms with Gasteiger partial charge in [-0.2, -0.15) is 5.10 Å². The number of aromatic hydroxyl groups is 1. The van der Waals surface area contributed by atoms with Gasteiger partial charge in [-0.3, -0.25) is 9.59 Å². The summed E-state index contributed by atoms with van der Waals surface area (Å²) in [6.07, 6.45) is 0. The number of phenolic OH excluding ortho intramolecular Hbond substituents is 1. The Morgan fingerprint density at radius 3 is 2.50 bits per heavy atom. The van der Waals surface area contributed by atoms with E-state index in [4.69, 9.17) is 4.74 Å². The minimum atomic E-state index is -0.560. The molecular formula is C18H20N2O4. The van der Waals surface area contributed by atoms with Gasteiger partial charge in [0.25, 0.3) is 5.91 Å². The molecule has 0 unspecified atom stereocenters. The van der Waals surface area contributed by atoms with Gasteiger partial charge in [0.15, 0.2) is 0 Å². The summed E-state index contributed by atoms with van der Waals surface area (Å²) in [6.45, 7) is 5.29. The summed E-state index contributed by atoms with van der Waals surface area (Å²) < 4.78 is 4.91. The number of nitrogens with zero attached hydrogens (tertiary/aromatic N) is 1. The lowest BCUT2D eigenvalue weighted by Gasteiger charge is -2.10. The number of hydrogen-bond donors (Lipinski definition) is 2. The Balaban J connectivity index is 2.16. The molecule has 0 bridgehead atoms. The number of hydrazone groups is 1. The summed E-state index contributed by atoms with van der Waals surface area (Å²) >= 11 is 0. The number of fused-ring (bicyclic) bond motifs is 1. The molecule has 6 nitrogen and oxygen atoms in total. The van der Waals surface area contributed by atoms with Crippen molar-refractivity contribution in [1.29, 1.82) is 0 Å². The van der Waals surface area contributed by atoms with Gasteiger partial charge in [-0.05, 0) is 43.7 Å². The molecule has 0 aromatic heterocycles. The molecule has 0 aliphatic heterocycles. The minimum Gasteiger partial charge on any atom is -0.507 e. The molecule has 126 valence electrons. The molecule has 0 aliphatic rings. The monoisotopic (exact) mass is 328 g/mol. The molecule has 0 radical (unpaired) electrons. The van der Waals surface area contributed by atoms with Crippen LogP contribution >= 0.6 is 0 Å². The Kier molecular flexibility index (Phi) is 5.52. The smallest absolute Gasteiger partial charge is 0.314 e. The molecule has 0 spiro atoms. The Hall–Kier alpha value is -2.89. The number of ether oxygens (including phenoxy) is 1. The number of phenols is 1. The van der Waals surface area contributed by atoms with Crippen LogP contribution in [0.15, 0.2) is 41.5 Å². The fraction of sp³-hybridized carbons (Fsp3) is 0.278. The molecule has 0 saturated carbocycles. The molecule has 2 aromatic carbocycles. The van der Waals surface area contributed by atoms with Crippen molar-refractivity contribution >= 4 is 28.4 Å². The molecule has 24 heavy (non-hydrogen) atoms. The fourth-order valence-electron chi connectivity index (χ4n) is 2.14. The van der Waals surface area contributed by atoms with E-state index < -0.39 is 17.8 Å². The maximum Gasteiger partial charge on any atom is 0.314 e. The first-order valence-corrected chi connectivity index (χ1v) is 7.67. The van der Waals surface area contributed by atoms with E-state index in [1.807, 2.05) is 24.3 Å². The van der Waals surface area contributed by atoms with E-state index in [1.165, 1.54) is 6.07 Å². The van der Waals surface area contributed by atoms with Crippen LogP contribution in [0, 0.1) is 5.92 Å². The zero-order valence-corrected chi connectivity index (χ0v) is 13.9. The molecule has 2 rings (SSSR count). The summed E-state index contributed by atoms with van der Waals surface area (Å²) in [5.41, 5.74) is 2.90. The van der Waals surface area contributed by atoms with Crippen molar-refractivity contribution in [1.82, 2.24) is 5.43 Å². The number of carbonyl (C=O) groups excluding carboxylic acids is 2. The SMILES string of the molecule is CCOC(=O)[C@@H](C)/C(C)=N\NC(=O)c1cc2ccccc2cc1O. The quantitative estimate of drug-likeness (QED) is 0.502. The third kappa shape index (κ3) is 3.90. The molecule has 2 aromatic rings. The Morgan fingerprint density at radius 1 is 1.25 bits per heavy atom. The Labute approximate surface area is 140 Å². The number of esters is 1. The van der Waals surface area contributed by atoms with Crippen molar-refractivity contribution in [2.24, 2.45) is 11.0 Å². The third-order valence-electron chi connectivity index (χ3n) is 3.71. The first-order valence-electron chi connectivity index (χ1n) is 7.67. The van der Waals surface area contributed by atoms with Crippen molar-refractivity contribution in [3.63, 3.8) is 0 Å². The first kappa shape index (κ1) is 17.5. The van der Waals surface area contributed by atoms with Crippen LogP contribution < -0.4 is 5.43 Å². The van der Waals surface area contributed by atoms with Gasteiger partial charge in [0.1, 0.15) is 5.75 Å². The molecule has 0 aliphatic carbocycles. The van der Waals surface area contributed by atoms with Crippen LogP contribution in [0.25, 0.3) is 10.8 Å². The number of rotatable bonds is 5. The van der Waals surface area contributed by atoms with Crippen molar-refractivity contribution in [2.45, 2.75) is 20.8 Å². The number of benzene rings is 2. The summed E-state index contributed by atoms with van der Waals surface area (Å²) in [5, 5.41) is 15.6. The van der Waals surface area contributed by atoms with Crippen LogP contribution in [0.1, 0.15) is 31.1 Å². The van der Waals surface area contributed by atoms with Crippen LogP contribution in [0.2, 0.25) is 0 Å². The molecule has 0 heterocycles. The standard InChI is InChI=1S/C18H20N2O4/c1-4-24-18(23)11(2)12(3)19-20-17(22)15-9-13-7-5-6-8-14(13)10-16(15)21/h5-11,21H,4H2,1-3H3,(H,20,22)/b19-12-/t11-/m0/s1. The number of nitrogens with one attached hydrogen (secondary N) is 1. The number of carbonyl (C=O) groups is 2. The lowest BCUT2D eigenvalue weighted by molar-refractivity contribution is -0.145. The van der Waals surface area contributed by atoms with Gasteiger partial charge >= 0.3 is 5.97 Å². The number of amides is 1. The lowest BCUT2D eigenvalue weighted by Crippen LogP contribution is -2.26. The average Bonchev–Trinajstić information content (AvgIpc) is 2.58. The maximum atomic E-state index is 12.2. The molecular weight excluding hydrogens is 308 g/mol. The van der Waals surface area contributed by atoms with Gasteiger partial charge in [0, 0.05) is 5.71 Å². The second-order valence-corrected chi connectivity index (χ2v) is 5.38. The lowest BCUT2D eigenvalue weighted by atomic mass is 10.1. The van der Waals surface area contributed by atoms with Crippen LogP contribution in [-0.4, -0.2) is 29.3 Å². The van der Waals surface area contributed by atoms with E-state index >= 15 is 0 Å². The van der Waals surface area contributed by atoms with Crippen LogP contribution in [-0.2, 0) is 9.53 Å². The first-order chi connectivity index (χ1) is 11.4. The molecule has 6 heteroatoms. The van der Waals surface area contributed by atoms with Crippen molar-refractivity contribution in [3.8, 4) is 5.75 Å². The van der Waals surface area contributed by atoms with Gasteiger partial charge in [-0.25, -0.2) is 5.43 Å². The highest BCUT2D eigenvalue weighted by atomic mass is 16.5. The zero-order chi connectivity index (χ0) is 17.7. The third-order valence-corrected chi connectivity index (χ3v) is 3.71. The highest BCUT2D eigenvalue weighted by Crippen LogP contribution is 2.24. The molecule has 0 fully saturated rings. The van der Waals surface area contributed by atoms with Gasteiger partial charge in [0.05, 0.1) is 18.1 Å². The van der Waals surface area contributed by atoms with E-state index in [2.05, 4.69) is 10.5 Å². The van der Waals surface area contributed by atoms with E-state index in [-0.39, 0.29) is 17.9 Å². The zero-order valence-electron chi connectivity index (χ0n) is 13.9. The molecule has 1 atom stereocenters. The predicted octanol–water partition coefficient (Wildman–Crippen LogP) is 2.85. The van der Waals surface area contributed by atoms with Gasteiger partial charge in [-0.1, -0.05) is 24.3 Å². The van der Waals surface area contributed by atoms with Gasteiger partial charge < -0.3 is 9.84 Å². The van der Waals surface area contributed by atoms with Crippen LogP contribution in [0.4, 0.5) is 0 Å². The Morgan fingerprint density at radius 2 is 1.88 bits per heavy atom. The van der Waals surface area contributed by atoms with Crippen molar-refractivity contribution in [2.75, 3.05) is 6.61 Å². The summed E-state index contributed by atoms with van der Waals surface area (Å²) in [6, 6.07) is 10.5. The second-order valence-electron chi connectivity index (χ2n) is 5.38. The summed E-state index contributed by atoms with van der Waals surface area (Å²) in [4.78, 5) is 23.9. The van der Waals surface area contributed by atoms with Gasteiger partial charge in [0.2, 0.25) is 0 Å². The average molecular weight is 328 g/mol. The normalized spacial score (nSPS) is 12.7. The summed E-state index contributed by atoms with van der Waals surface area (Å²) in [5.74, 6) is -1.64. The predicted molar refractivity (Wildman–Crippen MR) is 92.0 cm³/mol. The van der Waals surface area contributed by atoms with E-state index in [1.54, 1.807) is 26.8 Å². The molecule has 1 amide bonds. The topological polar surface area (TPSA) is 88.0 Å². The number of hydrogen-bond acceptors (Lipinski definition) is 5. The van der Waals surface area contributed by atoms with Crippen LogP contribution in [0.5, 0.6) is 5.75 Å². The van der Waals surface area contributed by atoms with E-state index in [0.29, 0.717) is 5.71 Å². The highest BCUT2D eigenvalue weighted by molar-refractivity contribution is 6.04. The molecule has 2 N–H and O–H groups in total. The molecule has 0 saturated heterocycles. The van der Waals surface area contributed by atoms with E-state index in [0.717, 1.165) is 10.8 Å². The maximum absolute atomic E-state index is 12.2. The second kappa shape index (κ2) is 7.59. The van der Waals surface area contributed by atoms with Crippen molar-refractivity contribution < 1.29 is 19.4 Å². The Bertz CT molecular complexity index is 799. The largest absolute Gasteiger partial charge is 0.507 e.